The second-order valence-electron chi connectivity index (χ2n) is 5.17. The van der Waals surface area contributed by atoms with E-state index < -0.39 is 0 Å². The fraction of sp³-hybridized carbons (Fsp3) is 1.00. The molecule has 0 spiro atoms. The lowest BCUT2D eigenvalue weighted by Gasteiger charge is -2.27. The van der Waals surface area contributed by atoms with E-state index in [2.05, 4.69) is 11.8 Å². The molecular formula is C12H24N2. The van der Waals surface area contributed by atoms with Crippen molar-refractivity contribution in [2.45, 2.75) is 57.5 Å². The summed E-state index contributed by atoms with van der Waals surface area (Å²) in [7, 11) is 0. The van der Waals surface area contributed by atoms with E-state index in [1.54, 1.807) is 0 Å². The number of nitrogens with zero attached hydrogens (tertiary/aromatic N) is 1. The summed E-state index contributed by atoms with van der Waals surface area (Å²) in [6, 6.07) is 1.37. The van der Waals surface area contributed by atoms with Crippen molar-refractivity contribution in [1.82, 2.24) is 4.90 Å². The van der Waals surface area contributed by atoms with Gasteiger partial charge in [-0.1, -0.05) is 13.3 Å². The molecule has 1 heterocycles. The van der Waals surface area contributed by atoms with Crippen LogP contribution in [0.25, 0.3) is 0 Å². The second kappa shape index (κ2) is 4.63. The summed E-state index contributed by atoms with van der Waals surface area (Å²) in [4.78, 5) is 2.68. The number of hydrogen-bond acceptors (Lipinski definition) is 2. The molecule has 0 amide bonds. The molecule has 1 aliphatic heterocycles. The number of fused-ring (bicyclic) bond motifs is 2. The Morgan fingerprint density at radius 2 is 2.21 bits per heavy atom. The van der Waals surface area contributed by atoms with Crippen molar-refractivity contribution in [3.8, 4) is 0 Å². The van der Waals surface area contributed by atoms with Gasteiger partial charge in [0.2, 0.25) is 0 Å². The summed E-state index contributed by atoms with van der Waals surface area (Å²) < 4.78 is 0. The van der Waals surface area contributed by atoms with Crippen molar-refractivity contribution in [2.24, 2.45) is 11.7 Å². The normalized spacial score (nSPS) is 33.9. The van der Waals surface area contributed by atoms with Crippen LogP contribution in [0.15, 0.2) is 0 Å². The monoisotopic (exact) mass is 196 g/mol. The van der Waals surface area contributed by atoms with Crippen LogP contribution in [-0.2, 0) is 0 Å². The Bertz CT molecular complexity index is 181. The van der Waals surface area contributed by atoms with Gasteiger partial charge in [-0.25, -0.2) is 0 Å². The summed E-state index contributed by atoms with van der Waals surface area (Å²) in [6.07, 6.45) is 8.05. The van der Waals surface area contributed by atoms with Crippen LogP contribution < -0.4 is 5.73 Å². The molecule has 1 saturated carbocycles. The number of rotatable bonds is 5. The van der Waals surface area contributed by atoms with Crippen LogP contribution in [0.1, 0.15) is 45.4 Å². The number of hydrogen-bond donors (Lipinski definition) is 1. The van der Waals surface area contributed by atoms with E-state index in [9.17, 15) is 0 Å². The minimum absolute atomic E-state index is 0.444. The highest BCUT2D eigenvalue weighted by Gasteiger charge is 2.37. The molecule has 2 N–H and O–H groups in total. The SMILES string of the molecule is CCCC(N)CCN1CC2CCC1C2. The quantitative estimate of drug-likeness (QED) is 0.728. The molecule has 0 aromatic carbocycles. The van der Waals surface area contributed by atoms with Crippen molar-refractivity contribution in [3.05, 3.63) is 0 Å². The van der Waals surface area contributed by atoms with E-state index in [1.807, 2.05) is 0 Å². The molecule has 3 unspecified atom stereocenters. The molecule has 2 aliphatic rings. The molecule has 2 heteroatoms. The lowest BCUT2D eigenvalue weighted by Crippen LogP contribution is -2.35. The molecule has 2 rings (SSSR count). The summed E-state index contributed by atoms with van der Waals surface area (Å²) in [5.74, 6) is 1.03. The molecule has 0 aromatic heterocycles. The molecule has 2 fully saturated rings. The summed E-state index contributed by atoms with van der Waals surface area (Å²) >= 11 is 0. The second-order valence-corrected chi connectivity index (χ2v) is 5.17. The third-order valence-electron chi connectivity index (χ3n) is 3.97. The summed E-state index contributed by atoms with van der Waals surface area (Å²) in [5.41, 5.74) is 6.03. The average molecular weight is 196 g/mol. The zero-order valence-corrected chi connectivity index (χ0v) is 9.41. The Kier molecular flexibility index (Phi) is 3.45. The zero-order valence-electron chi connectivity index (χ0n) is 9.41. The van der Waals surface area contributed by atoms with Crippen LogP contribution in [-0.4, -0.2) is 30.1 Å². The van der Waals surface area contributed by atoms with Gasteiger partial charge in [-0.2, -0.15) is 0 Å². The van der Waals surface area contributed by atoms with Gasteiger partial charge in [0.15, 0.2) is 0 Å². The molecule has 0 aromatic rings. The minimum atomic E-state index is 0.444. The Balaban J connectivity index is 1.66. The first-order valence-electron chi connectivity index (χ1n) is 6.29. The highest BCUT2D eigenvalue weighted by atomic mass is 15.2. The number of likely N-dealkylation sites (tertiary alicyclic amines) is 1. The third-order valence-corrected chi connectivity index (χ3v) is 3.97. The molecule has 14 heavy (non-hydrogen) atoms. The van der Waals surface area contributed by atoms with E-state index in [0.717, 1.165) is 12.0 Å². The maximum absolute atomic E-state index is 6.03. The third kappa shape index (κ3) is 2.29. The first-order valence-corrected chi connectivity index (χ1v) is 6.29. The first kappa shape index (κ1) is 10.4. The lowest BCUT2D eigenvalue weighted by molar-refractivity contribution is 0.205. The van der Waals surface area contributed by atoms with E-state index in [1.165, 1.54) is 51.6 Å². The Labute approximate surface area is 87.8 Å². The van der Waals surface area contributed by atoms with Gasteiger partial charge in [-0.15, -0.1) is 0 Å². The van der Waals surface area contributed by atoms with Crippen LogP contribution in [0.2, 0.25) is 0 Å². The van der Waals surface area contributed by atoms with Crippen molar-refractivity contribution in [3.63, 3.8) is 0 Å². The minimum Gasteiger partial charge on any atom is -0.328 e. The number of nitrogens with two attached hydrogens (primary N) is 1. The highest BCUT2D eigenvalue weighted by molar-refractivity contribution is 4.92. The fourth-order valence-electron chi connectivity index (χ4n) is 3.15. The predicted octanol–water partition coefficient (Wildman–Crippen LogP) is 1.99. The maximum atomic E-state index is 6.03. The molecule has 1 saturated heterocycles. The van der Waals surface area contributed by atoms with Crippen LogP contribution >= 0.6 is 0 Å². The Morgan fingerprint density at radius 3 is 2.79 bits per heavy atom. The Morgan fingerprint density at radius 1 is 1.36 bits per heavy atom. The van der Waals surface area contributed by atoms with Crippen molar-refractivity contribution < 1.29 is 0 Å². The van der Waals surface area contributed by atoms with Gasteiger partial charge < -0.3 is 10.6 Å². The van der Waals surface area contributed by atoms with E-state index in [-0.39, 0.29) is 0 Å². The van der Waals surface area contributed by atoms with Gasteiger partial charge in [0.1, 0.15) is 0 Å². The van der Waals surface area contributed by atoms with E-state index in [0.29, 0.717) is 6.04 Å². The van der Waals surface area contributed by atoms with Gasteiger partial charge in [-0.3, -0.25) is 0 Å². The first-order chi connectivity index (χ1) is 6.79. The highest BCUT2D eigenvalue weighted by Crippen LogP contribution is 2.37. The molecule has 3 atom stereocenters. The van der Waals surface area contributed by atoms with Gasteiger partial charge >= 0.3 is 0 Å². The van der Waals surface area contributed by atoms with Crippen molar-refractivity contribution in [2.75, 3.05) is 13.1 Å². The average Bonchev–Trinajstić information content (AvgIpc) is 2.76. The Hall–Kier alpha value is -0.0800. The largest absolute Gasteiger partial charge is 0.328 e. The van der Waals surface area contributed by atoms with Crippen LogP contribution in [0.4, 0.5) is 0 Å². The van der Waals surface area contributed by atoms with Gasteiger partial charge in [0.05, 0.1) is 0 Å². The summed E-state index contributed by atoms with van der Waals surface area (Å²) in [6.45, 7) is 4.84. The molecular weight excluding hydrogens is 172 g/mol. The molecule has 0 radical (unpaired) electrons. The fourth-order valence-corrected chi connectivity index (χ4v) is 3.15. The molecule has 82 valence electrons. The van der Waals surface area contributed by atoms with Gasteiger partial charge in [0.25, 0.3) is 0 Å². The topological polar surface area (TPSA) is 29.3 Å². The van der Waals surface area contributed by atoms with Crippen LogP contribution in [0.3, 0.4) is 0 Å². The summed E-state index contributed by atoms with van der Waals surface area (Å²) in [5, 5.41) is 0. The van der Waals surface area contributed by atoms with E-state index in [4.69, 9.17) is 5.73 Å². The van der Waals surface area contributed by atoms with Crippen LogP contribution in [0.5, 0.6) is 0 Å². The molecule has 1 aliphatic carbocycles. The number of piperidine rings is 1. The van der Waals surface area contributed by atoms with Crippen LogP contribution in [0, 0.1) is 5.92 Å². The standard InChI is InChI=1S/C12H24N2/c1-2-3-11(13)6-7-14-9-10-4-5-12(14)8-10/h10-12H,2-9,13H2,1H3. The lowest BCUT2D eigenvalue weighted by atomic mass is 10.1. The maximum Gasteiger partial charge on any atom is 0.00986 e. The molecule has 2 bridgehead atoms. The molecule has 2 nitrogen and oxygen atoms in total. The predicted molar refractivity (Wildman–Crippen MR) is 60.2 cm³/mol. The van der Waals surface area contributed by atoms with Gasteiger partial charge in [-0.05, 0) is 44.6 Å². The smallest absolute Gasteiger partial charge is 0.00986 e. The van der Waals surface area contributed by atoms with Crippen molar-refractivity contribution >= 4 is 0 Å². The zero-order chi connectivity index (χ0) is 9.97. The van der Waals surface area contributed by atoms with Gasteiger partial charge in [0, 0.05) is 18.6 Å². The van der Waals surface area contributed by atoms with Crippen molar-refractivity contribution in [1.29, 1.82) is 0 Å². The van der Waals surface area contributed by atoms with E-state index >= 15 is 0 Å².